The maximum atomic E-state index is 13.1. The Hall–Kier alpha value is -2.56. The first-order valence-electron chi connectivity index (χ1n) is 9.21. The topological polar surface area (TPSA) is 62.5 Å². The van der Waals surface area contributed by atoms with E-state index in [1.54, 1.807) is 12.1 Å². The summed E-state index contributed by atoms with van der Waals surface area (Å²) in [6, 6.07) is 9.04. The number of hydrogen-bond donors (Lipinski definition) is 1. The van der Waals surface area contributed by atoms with Gasteiger partial charge in [0.1, 0.15) is 0 Å². The normalized spacial score (nSPS) is 17.3. The van der Waals surface area contributed by atoms with Crippen LogP contribution in [0.4, 0.5) is 0 Å². The lowest BCUT2D eigenvalue weighted by Crippen LogP contribution is -2.39. The monoisotopic (exact) mass is 354 g/mol. The van der Waals surface area contributed by atoms with Crippen LogP contribution < -0.4 is 0 Å². The van der Waals surface area contributed by atoms with Gasteiger partial charge in [0.15, 0.2) is 0 Å². The lowest BCUT2D eigenvalue weighted by molar-refractivity contribution is 0.0693. The van der Waals surface area contributed by atoms with Crippen molar-refractivity contribution in [3.05, 3.63) is 58.4 Å². The molecule has 1 saturated heterocycles. The molecule has 1 aromatic carbocycles. The lowest BCUT2D eigenvalue weighted by Gasteiger charge is -2.33. The van der Waals surface area contributed by atoms with Crippen LogP contribution in [-0.4, -0.2) is 39.5 Å². The summed E-state index contributed by atoms with van der Waals surface area (Å²) >= 11 is 0. The van der Waals surface area contributed by atoms with Crippen LogP contribution in [0.5, 0.6) is 0 Å². The second kappa shape index (κ2) is 7.36. The Morgan fingerprint density at radius 2 is 1.88 bits per heavy atom. The summed E-state index contributed by atoms with van der Waals surface area (Å²) in [6.07, 6.45) is 1.98. The fraction of sp³-hybridized carbons (Fsp3) is 0.429. The van der Waals surface area contributed by atoms with Crippen molar-refractivity contribution in [2.24, 2.45) is 0 Å². The van der Waals surface area contributed by atoms with Crippen molar-refractivity contribution in [1.82, 2.24) is 9.47 Å². The minimum absolute atomic E-state index is 0.102. The fourth-order valence-electron chi connectivity index (χ4n) is 4.01. The predicted octanol–water partition coefficient (Wildman–Crippen LogP) is 3.84. The van der Waals surface area contributed by atoms with Gasteiger partial charge in [-0.1, -0.05) is 12.1 Å². The van der Waals surface area contributed by atoms with E-state index >= 15 is 0 Å². The zero-order chi connectivity index (χ0) is 18.8. The van der Waals surface area contributed by atoms with Crippen molar-refractivity contribution in [3.8, 4) is 0 Å². The van der Waals surface area contributed by atoms with Crippen molar-refractivity contribution in [2.75, 3.05) is 13.1 Å². The zero-order valence-electron chi connectivity index (χ0n) is 15.7. The SMILES string of the molecule is CCn1c(C)cc(C(=O)N2CCC[C@@H](c3ccc(C(=O)O)cc3)C2)c1C. The molecule has 1 aliphatic heterocycles. The largest absolute Gasteiger partial charge is 0.478 e. The highest BCUT2D eigenvalue weighted by Gasteiger charge is 2.27. The number of piperidine rings is 1. The van der Waals surface area contributed by atoms with Crippen molar-refractivity contribution in [1.29, 1.82) is 0 Å². The highest BCUT2D eigenvalue weighted by atomic mass is 16.4. The molecule has 3 rings (SSSR count). The molecule has 0 spiro atoms. The van der Waals surface area contributed by atoms with Gasteiger partial charge in [-0.25, -0.2) is 4.79 Å². The third-order valence-corrected chi connectivity index (χ3v) is 5.46. The first kappa shape index (κ1) is 18.2. The second-order valence-corrected chi connectivity index (χ2v) is 7.05. The molecule has 0 bridgehead atoms. The quantitative estimate of drug-likeness (QED) is 0.907. The van der Waals surface area contributed by atoms with E-state index in [0.29, 0.717) is 12.1 Å². The molecular formula is C21H26N2O3. The van der Waals surface area contributed by atoms with Crippen LogP contribution in [0.15, 0.2) is 30.3 Å². The molecule has 1 fully saturated rings. The second-order valence-electron chi connectivity index (χ2n) is 7.05. The Morgan fingerprint density at radius 3 is 2.46 bits per heavy atom. The first-order valence-corrected chi connectivity index (χ1v) is 9.21. The van der Waals surface area contributed by atoms with E-state index in [9.17, 15) is 9.59 Å². The third kappa shape index (κ3) is 3.39. The average molecular weight is 354 g/mol. The Kier molecular flexibility index (Phi) is 5.16. The van der Waals surface area contributed by atoms with Crippen molar-refractivity contribution < 1.29 is 14.7 Å². The molecule has 5 heteroatoms. The van der Waals surface area contributed by atoms with Crippen molar-refractivity contribution >= 4 is 11.9 Å². The fourth-order valence-corrected chi connectivity index (χ4v) is 4.01. The molecular weight excluding hydrogens is 328 g/mol. The molecule has 1 aliphatic rings. The van der Waals surface area contributed by atoms with E-state index in [0.717, 1.165) is 48.4 Å². The van der Waals surface area contributed by atoms with Crippen LogP contribution in [-0.2, 0) is 6.54 Å². The maximum Gasteiger partial charge on any atom is 0.335 e. The van der Waals surface area contributed by atoms with Crippen LogP contribution in [0, 0.1) is 13.8 Å². The summed E-state index contributed by atoms with van der Waals surface area (Å²) in [5.41, 5.74) is 4.34. The Bertz CT molecular complexity index is 821. The molecule has 1 amide bonds. The van der Waals surface area contributed by atoms with E-state index in [-0.39, 0.29) is 11.8 Å². The van der Waals surface area contributed by atoms with Gasteiger partial charge in [0.2, 0.25) is 0 Å². The number of aryl methyl sites for hydroxylation is 1. The van der Waals surface area contributed by atoms with Gasteiger partial charge in [0.05, 0.1) is 11.1 Å². The molecule has 0 radical (unpaired) electrons. The number of carboxylic acid groups (broad SMARTS) is 1. The summed E-state index contributed by atoms with van der Waals surface area (Å²) < 4.78 is 2.17. The van der Waals surface area contributed by atoms with Gasteiger partial charge in [-0.3, -0.25) is 4.79 Å². The average Bonchev–Trinajstić information content (AvgIpc) is 2.94. The molecule has 138 valence electrons. The molecule has 0 aliphatic carbocycles. The van der Waals surface area contributed by atoms with E-state index < -0.39 is 5.97 Å². The number of nitrogens with zero attached hydrogens (tertiary/aromatic N) is 2. The van der Waals surface area contributed by atoms with E-state index in [4.69, 9.17) is 5.11 Å². The van der Waals surface area contributed by atoms with E-state index in [1.807, 2.05) is 36.9 Å². The number of likely N-dealkylation sites (tertiary alicyclic amines) is 1. The van der Waals surface area contributed by atoms with Crippen LogP contribution in [0.3, 0.4) is 0 Å². The third-order valence-electron chi connectivity index (χ3n) is 5.46. The van der Waals surface area contributed by atoms with Gasteiger partial charge >= 0.3 is 5.97 Å². The summed E-state index contributed by atoms with van der Waals surface area (Å²) in [5, 5.41) is 9.04. The molecule has 2 aromatic rings. The number of aromatic carboxylic acids is 1. The van der Waals surface area contributed by atoms with Crippen LogP contribution in [0.25, 0.3) is 0 Å². The van der Waals surface area contributed by atoms with Gasteiger partial charge in [-0.2, -0.15) is 0 Å². The molecule has 2 heterocycles. The number of carbonyl (C=O) groups is 2. The Morgan fingerprint density at radius 1 is 1.19 bits per heavy atom. The molecule has 0 unspecified atom stereocenters. The highest BCUT2D eigenvalue weighted by Crippen LogP contribution is 2.29. The Balaban J connectivity index is 1.78. The van der Waals surface area contributed by atoms with Crippen LogP contribution in [0.1, 0.15) is 63.4 Å². The molecule has 1 N–H and O–H groups in total. The zero-order valence-corrected chi connectivity index (χ0v) is 15.7. The molecule has 5 nitrogen and oxygen atoms in total. The summed E-state index contributed by atoms with van der Waals surface area (Å²) in [4.78, 5) is 26.0. The number of carbonyl (C=O) groups excluding carboxylic acids is 1. The molecule has 0 saturated carbocycles. The molecule has 26 heavy (non-hydrogen) atoms. The molecule has 1 aromatic heterocycles. The summed E-state index contributed by atoms with van der Waals surface area (Å²) in [5.74, 6) is -0.557. The smallest absolute Gasteiger partial charge is 0.335 e. The van der Waals surface area contributed by atoms with Crippen LogP contribution >= 0.6 is 0 Å². The number of aromatic nitrogens is 1. The minimum atomic E-state index is -0.914. The number of amides is 1. The number of hydrogen-bond acceptors (Lipinski definition) is 2. The lowest BCUT2D eigenvalue weighted by atomic mass is 9.90. The summed E-state index contributed by atoms with van der Waals surface area (Å²) in [7, 11) is 0. The van der Waals surface area contributed by atoms with Gasteiger partial charge in [-0.15, -0.1) is 0 Å². The standard InChI is InChI=1S/C21H26N2O3/c1-4-23-14(2)12-19(15(23)3)20(24)22-11-5-6-18(13-22)16-7-9-17(10-8-16)21(25)26/h7-10,12,18H,4-6,11,13H2,1-3H3,(H,25,26)/t18-/m1/s1. The van der Waals surface area contributed by atoms with E-state index in [2.05, 4.69) is 11.5 Å². The Labute approximate surface area is 154 Å². The number of benzene rings is 1. The van der Waals surface area contributed by atoms with Crippen LogP contribution in [0.2, 0.25) is 0 Å². The summed E-state index contributed by atoms with van der Waals surface area (Å²) in [6.45, 7) is 8.46. The highest BCUT2D eigenvalue weighted by molar-refractivity contribution is 5.96. The van der Waals surface area contributed by atoms with Gasteiger partial charge in [0, 0.05) is 36.9 Å². The maximum absolute atomic E-state index is 13.1. The number of carboxylic acids is 1. The first-order chi connectivity index (χ1) is 12.4. The minimum Gasteiger partial charge on any atom is -0.478 e. The van der Waals surface area contributed by atoms with Crippen molar-refractivity contribution in [3.63, 3.8) is 0 Å². The van der Waals surface area contributed by atoms with Crippen molar-refractivity contribution in [2.45, 2.75) is 46.1 Å². The van der Waals surface area contributed by atoms with Gasteiger partial charge < -0.3 is 14.6 Å². The number of rotatable bonds is 4. The van der Waals surface area contributed by atoms with Gasteiger partial charge in [0.25, 0.3) is 5.91 Å². The van der Waals surface area contributed by atoms with E-state index in [1.165, 1.54) is 0 Å². The molecule has 1 atom stereocenters. The van der Waals surface area contributed by atoms with Gasteiger partial charge in [-0.05, 0) is 57.4 Å². The predicted molar refractivity (Wildman–Crippen MR) is 101 cm³/mol.